The highest BCUT2D eigenvalue weighted by Gasteiger charge is 2.27. The van der Waals surface area contributed by atoms with Gasteiger partial charge in [0.25, 0.3) is 0 Å². The third kappa shape index (κ3) is 4.72. The van der Waals surface area contributed by atoms with E-state index in [4.69, 9.17) is 0 Å². The van der Waals surface area contributed by atoms with Crippen LogP contribution in [0.25, 0.3) is 0 Å². The molecular weight excluding hydrogens is 346 g/mol. The topological polar surface area (TPSA) is 23.6 Å². The molecule has 3 rings (SSSR count). The summed E-state index contributed by atoms with van der Waals surface area (Å²) < 4.78 is 27.3. The maximum atomic E-state index is 14.0. The first-order chi connectivity index (χ1) is 13.0. The second-order valence-corrected chi connectivity index (χ2v) is 7.40. The van der Waals surface area contributed by atoms with E-state index in [1.807, 2.05) is 19.0 Å². The Morgan fingerprint density at radius 3 is 2.52 bits per heavy atom. The molecule has 0 saturated carbocycles. The second-order valence-electron chi connectivity index (χ2n) is 7.40. The Morgan fingerprint density at radius 2 is 1.81 bits per heavy atom. The highest BCUT2D eigenvalue weighted by Crippen LogP contribution is 2.39. The zero-order valence-electron chi connectivity index (χ0n) is 15.9. The van der Waals surface area contributed by atoms with Gasteiger partial charge in [-0.2, -0.15) is 0 Å². The van der Waals surface area contributed by atoms with E-state index in [0.717, 1.165) is 36.9 Å². The molecular formula is C22H26F2N2O. The van der Waals surface area contributed by atoms with Crippen LogP contribution in [-0.4, -0.2) is 38.0 Å². The van der Waals surface area contributed by atoms with Crippen LogP contribution in [-0.2, 0) is 4.79 Å². The van der Waals surface area contributed by atoms with E-state index in [2.05, 4.69) is 0 Å². The van der Waals surface area contributed by atoms with E-state index in [1.54, 1.807) is 23.1 Å². The first-order valence-corrected chi connectivity index (χ1v) is 9.45. The van der Waals surface area contributed by atoms with E-state index in [1.165, 1.54) is 24.3 Å². The molecule has 0 fully saturated rings. The average Bonchev–Trinajstić information content (AvgIpc) is 2.81. The molecule has 0 bridgehead atoms. The number of hydrogen-bond acceptors (Lipinski definition) is 2. The molecule has 1 heterocycles. The van der Waals surface area contributed by atoms with Crippen LogP contribution in [0.3, 0.4) is 0 Å². The Kier molecular flexibility index (Phi) is 6.22. The highest BCUT2D eigenvalue weighted by molar-refractivity contribution is 5.94. The molecule has 0 N–H and O–H groups in total. The number of anilines is 1. The van der Waals surface area contributed by atoms with Crippen molar-refractivity contribution in [1.29, 1.82) is 0 Å². The van der Waals surface area contributed by atoms with Gasteiger partial charge in [0.15, 0.2) is 0 Å². The molecule has 1 aliphatic rings. The Labute approximate surface area is 159 Å². The predicted octanol–water partition coefficient (Wildman–Crippen LogP) is 4.57. The van der Waals surface area contributed by atoms with Crippen LogP contribution >= 0.6 is 0 Å². The maximum absolute atomic E-state index is 14.0. The fourth-order valence-electron chi connectivity index (χ4n) is 3.76. The van der Waals surface area contributed by atoms with Crippen LogP contribution in [0.4, 0.5) is 14.5 Å². The molecule has 144 valence electrons. The summed E-state index contributed by atoms with van der Waals surface area (Å²) >= 11 is 0. The number of carbonyl (C=O) groups is 1. The largest absolute Gasteiger partial charge is 0.312 e. The fraction of sp³-hybridized carbons (Fsp3) is 0.409. The molecule has 0 spiro atoms. The van der Waals surface area contributed by atoms with Gasteiger partial charge in [0.1, 0.15) is 11.6 Å². The third-order valence-electron chi connectivity index (χ3n) is 5.10. The lowest BCUT2D eigenvalue weighted by atomic mass is 9.87. The monoisotopic (exact) mass is 372 g/mol. The molecule has 1 aliphatic heterocycles. The van der Waals surface area contributed by atoms with Crippen molar-refractivity contribution in [2.24, 2.45) is 0 Å². The number of benzene rings is 2. The maximum Gasteiger partial charge on any atom is 0.227 e. The summed E-state index contributed by atoms with van der Waals surface area (Å²) in [6.45, 7) is 1.42. The summed E-state index contributed by atoms with van der Waals surface area (Å²) in [4.78, 5) is 16.6. The van der Waals surface area contributed by atoms with Crippen molar-refractivity contribution in [2.75, 3.05) is 32.1 Å². The number of nitrogens with zero attached hydrogens (tertiary/aromatic N) is 2. The van der Waals surface area contributed by atoms with Crippen molar-refractivity contribution in [1.82, 2.24) is 4.90 Å². The molecule has 3 nitrogen and oxygen atoms in total. The van der Waals surface area contributed by atoms with Gasteiger partial charge in [-0.3, -0.25) is 4.79 Å². The minimum absolute atomic E-state index is 0.0285. The first kappa shape index (κ1) is 19.5. The summed E-state index contributed by atoms with van der Waals surface area (Å²) in [6, 6.07) is 11.1. The number of carbonyl (C=O) groups excluding carboxylic acids is 1. The van der Waals surface area contributed by atoms with Crippen LogP contribution < -0.4 is 4.90 Å². The standard InChI is InChI=1S/C22H26F2N2O/c1-25(2)13-4-6-22(27)26-14-3-5-19(16-7-9-17(23)10-8-16)20-12-11-18(24)15-21(20)26/h7-12,15,19H,3-6,13-14H2,1-2H3. The zero-order chi connectivity index (χ0) is 19.4. The molecule has 0 aromatic heterocycles. The van der Waals surface area contributed by atoms with Gasteiger partial charge in [-0.15, -0.1) is 0 Å². The predicted molar refractivity (Wildman–Crippen MR) is 104 cm³/mol. The van der Waals surface area contributed by atoms with Crippen molar-refractivity contribution >= 4 is 11.6 Å². The fourth-order valence-corrected chi connectivity index (χ4v) is 3.76. The summed E-state index contributed by atoms with van der Waals surface area (Å²) in [6.07, 6.45) is 2.87. The Morgan fingerprint density at radius 1 is 1.11 bits per heavy atom. The average molecular weight is 372 g/mol. The number of amides is 1. The zero-order valence-corrected chi connectivity index (χ0v) is 15.9. The van der Waals surface area contributed by atoms with E-state index < -0.39 is 0 Å². The molecule has 27 heavy (non-hydrogen) atoms. The number of fused-ring (bicyclic) bond motifs is 1. The van der Waals surface area contributed by atoms with Gasteiger partial charge in [-0.1, -0.05) is 18.2 Å². The van der Waals surface area contributed by atoms with Crippen LogP contribution in [0.5, 0.6) is 0 Å². The van der Waals surface area contributed by atoms with Crippen molar-refractivity contribution in [2.45, 2.75) is 31.6 Å². The lowest BCUT2D eigenvalue weighted by Gasteiger charge is -2.25. The molecule has 1 atom stereocenters. The normalized spacial score (nSPS) is 16.9. The minimum atomic E-state index is -0.348. The summed E-state index contributed by atoms with van der Waals surface area (Å²) in [7, 11) is 3.96. The Bertz CT molecular complexity index is 789. The second kappa shape index (κ2) is 8.61. The number of halogens is 2. The Balaban J connectivity index is 1.91. The van der Waals surface area contributed by atoms with E-state index in [-0.39, 0.29) is 23.5 Å². The van der Waals surface area contributed by atoms with Crippen molar-refractivity contribution < 1.29 is 13.6 Å². The molecule has 0 saturated heterocycles. The van der Waals surface area contributed by atoms with Gasteiger partial charge in [0.2, 0.25) is 5.91 Å². The first-order valence-electron chi connectivity index (χ1n) is 9.45. The minimum Gasteiger partial charge on any atom is -0.312 e. The molecule has 5 heteroatoms. The van der Waals surface area contributed by atoms with Gasteiger partial charge in [-0.25, -0.2) is 8.78 Å². The molecule has 0 radical (unpaired) electrons. The lowest BCUT2D eigenvalue weighted by Crippen LogP contribution is -2.32. The van der Waals surface area contributed by atoms with E-state index >= 15 is 0 Å². The molecule has 2 aromatic carbocycles. The van der Waals surface area contributed by atoms with Crippen LogP contribution in [0.2, 0.25) is 0 Å². The lowest BCUT2D eigenvalue weighted by molar-refractivity contribution is -0.118. The summed E-state index contributed by atoms with van der Waals surface area (Å²) in [5, 5.41) is 0. The van der Waals surface area contributed by atoms with E-state index in [0.29, 0.717) is 18.7 Å². The summed E-state index contributed by atoms with van der Waals surface area (Å²) in [5.41, 5.74) is 2.57. The third-order valence-corrected chi connectivity index (χ3v) is 5.10. The molecule has 0 aliphatic carbocycles. The van der Waals surface area contributed by atoms with Gasteiger partial charge in [-0.05, 0) is 75.3 Å². The van der Waals surface area contributed by atoms with Gasteiger partial charge >= 0.3 is 0 Å². The van der Waals surface area contributed by atoms with Crippen molar-refractivity contribution in [3.8, 4) is 0 Å². The van der Waals surface area contributed by atoms with Gasteiger partial charge < -0.3 is 9.80 Å². The van der Waals surface area contributed by atoms with Crippen molar-refractivity contribution in [3.63, 3.8) is 0 Å². The SMILES string of the molecule is CN(C)CCCC(=O)N1CCCC(c2ccc(F)cc2)c2ccc(F)cc21. The summed E-state index contributed by atoms with van der Waals surface area (Å²) in [5.74, 6) is -0.562. The smallest absolute Gasteiger partial charge is 0.227 e. The van der Waals surface area contributed by atoms with Gasteiger partial charge in [0.05, 0.1) is 5.69 Å². The quantitative estimate of drug-likeness (QED) is 0.768. The molecule has 2 aromatic rings. The number of rotatable bonds is 5. The van der Waals surface area contributed by atoms with Gasteiger partial charge in [0, 0.05) is 18.9 Å². The highest BCUT2D eigenvalue weighted by atomic mass is 19.1. The van der Waals surface area contributed by atoms with E-state index in [9.17, 15) is 13.6 Å². The van der Waals surface area contributed by atoms with Crippen molar-refractivity contribution in [3.05, 3.63) is 65.2 Å². The Hall–Kier alpha value is -2.27. The molecule has 1 amide bonds. The molecule has 1 unspecified atom stereocenters. The number of hydrogen-bond donors (Lipinski definition) is 0. The van der Waals surface area contributed by atoms with Crippen LogP contribution in [0.1, 0.15) is 42.7 Å². The van der Waals surface area contributed by atoms with Crippen LogP contribution in [0.15, 0.2) is 42.5 Å². The van der Waals surface area contributed by atoms with Crippen LogP contribution in [0, 0.1) is 11.6 Å².